The quantitative estimate of drug-likeness (QED) is 0.698. The molecule has 150 valence electrons. The summed E-state index contributed by atoms with van der Waals surface area (Å²) in [6.45, 7) is 7.49. The second-order valence-electron chi connectivity index (χ2n) is 8.07. The van der Waals surface area contributed by atoms with Crippen LogP contribution < -0.4 is 0 Å². The van der Waals surface area contributed by atoms with Gasteiger partial charge in [0.15, 0.2) is 0 Å². The summed E-state index contributed by atoms with van der Waals surface area (Å²) in [6.07, 6.45) is 0.888. The van der Waals surface area contributed by atoms with E-state index in [0.717, 1.165) is 34.6 Å². The lowest BCUT2D eigenvalue weighted by atomic mass is 9.98. The zero-order chi connectivity index (χ0) is 20.5. The van der Waals surface area contributed by atoms with Crippen molar-refractivity contribution in [2.75, 3.05) is 13.1 Å². The van der Waals surface area contributed by atoms with Crippen LogP contribution in [-0.4, -0.2) is 44.2 Å². The van der Waals surface area contributed by atoms with Crippen molar-refractivity contribution in [2.45, 2.75) is 39.0 Å². The minimum absolute atomic E-state index is 0.0259. The lowest BCUT2D eigenvalue weighted by molar-refractivity contribution is 0.0785. The van der Waals surface area contributed by atoms with Crippen LogP contribution in [0.25, 0.3) is 11.1 Å². The summed E-state index contributed by atoms with van der Waals surface area (Å²) in [7, 11) is 0. The molecule has 4 rings (SSSR count). The lowest BCUT2D eigenvalue weighted by Gasteiger charge is -2.16. The van der Waals surface area contributed by atoms with Gasteiger partial charge >= 0.3 is 0 Å². The Kier molecular flexibility index (Phi) is 5.09. The number of carbonyl (C=O) groups excluding carboxylic acids is 1. The molecule has 0 radical (unpaired) electrons. The average molecular weight is 390 g/mol. The number of carbonyl (C=O) groups is 1. The van der Waals surface area contributed by atoms with E-state index in [2.05, 4.69) is 30.1 Å². The number of H-pyrrole nitrogens is 1. The van der Waals surface area contributed by atoms with Crippen molar-refractivity contribution < 1.29 is 9.90 Å². The molecule has 0 saturated carbocycles. The number of likely N-dealkylation sites (tertiary alicyclic amines) is 1. The number of pyridine rings is 1. The van der Waals surface area contributed by atoms with Gasteiger partial charge in [-0.15, -0.1) is 0 Å². The number of phenolic OH excluding ortho intramolecular Hbond substituents is 1. The van der Waals surface area contributed by atoms with E-state index < -0.39 is 0 Å². The molecule has 1 aromatic carbocycles. The first-order valence-corrected chi connectivity index (χ1v) is 10.0. The van der Waals surface area contributed by atoms with Crippen LogP contribution in [0.1, 0.15) is 59.7 Å². The first-order valence-electron chi connectivity index (χ1n) is 10.0. The number of aromatic hydroxyl groups is 1. The predicted octanol–water partition coefficient (Wildman–Crippen LogP) is 4.24. The van der Waals surface area contributed by atoms with Gasteiger partial charge in [-0.05, 0) is 60.7 Å². The van der Waals surface area contributed by atoms with Crippen molar-refractivity contribution in [3.05, 3.63) is 65.2 Å². The fraction of sp³-hybridized carbons (Fsp3) is 0.348. The van der Waals surface area contributed by atoms with Crippen LogP contribution in [0.5, 0.6) is 5.75 Å². The topological polar surface area (TPSA) is 82.1 Å². The molecule has 1 amide bonds. The van der Waals surface area contributed by atoms with Gasteiger partial charge in [0.2, 0.25) is 0 Å². The van der Waals surface area contributed by atoms with Crippen LogP contribution in [-0.2, 0) is 0 Å². The second-order valence-corrected chi connectivity index (χ2v) is 8.07. The lowest BCUT2D eigenvalue weighted by Crippen LogP contribution is -2.28. The van der Waals surface area contributed by atoms with Gasteiger partial charge in [-0.3, -0.25) is 14.9 Å². The maximum Gasteiger partial charge on any atom is 0.274 e. The van der Waals surface area contributed by atoms with Gasteiger partial charge in [-0.25, -0.2) is 0 Å². The van der Waals surface area contributed by atoms with Crippen molar-refractivity contribution in [1.29, 1.82) is 0 Å². The van der Waals surface area contributed by atoms with Gasteiger partial charge in [0.05, 0.1) is 0 Å². The van der Waals surface area contributed by atoms with Crippen molar-refractivity contribution in [3.63, 3.8) is 0 Å². The number of hydrogen-bond acceptors (Lipinski definition) is 4. The number of aryl methyl sites for hydroxylation is 1. The summed E-state index contributed by atoms with van der Waals surface area (Å²) in [5.74, 6) is 0.745. The summed E-state index contributed by atoms with van der Waals surface area (Å²) < 4.78 is 0. The summed E-state index contributed by atoms with van der Waals surface area (Å²) in [4.78, 5) is 19.5. The van der Waals surface area contributed by atoms with E-state index >= 15 is 0 Å². The van der Waals surface area contributed by atoms with E-state index in [1.807, 2.05) is 36.1 Å². The van der Waals surface area contributed by atoms with Crippen LogP contribution >= 0.6 is 0 Å². The monoisotopic (exact) mass is 390 g/mol. The molecule has 1 fully saturated rings. The smallest absolute Gasteiger partial charge is 0.274 e. The van der Waals surface area contributed by atoms with E-state index in [9.17, 15) is 9.90 Å². The van der Waals surface area contributed by atoms with Gasteiger partial charge in [0, 0.05) is 36.1 Å². The average Bonchev–Trinajstić information content (AvgIpc) is 3.38. The van der Waals surface area contributed by atoms with E-state index in [4.69, 9.17) is 4.98 Å². The predicted molar refractivity (Wildman–Crippen MR) is 112 cm³/mol. The second kappa shape index (κ2) is 7.70. The SMILES string of the molecule is Cc1cc(-c2ccc(O)cc2)cc(C2CCN(C(=O)c3cc(C(C)C)[nH]n3)C2)n1. The summed E-state index contributed by atoms with van der Waals surface area (Å²) in [5, 5.41) is 16.7. The minimum Gasteiger partial charge on any atom is -0.508 e. The zero-order valence-electron chi connectivity index (χ0n) is 17.0. The molecular formula is C23H26N4O2. The molecule has 1 saturated heterocycles. The Morgan fingerprint density at radius 3 is 2.62 bits per heavy atom. The molecule has 1 aliphatic rings. The number of amides is 1. The molecule has 3 aromatic rings. The van der Waals surface area contributed by atoms with Crippen molar-refractivity contribution in [1.82, 2.24) is 20.1 Å². The van der Waals surface area contributed by atoms with Crippen LogP contribution in [0, 0.1) is 6.92 Å². The van der Waals surface area contributed by atoms with E-state index in [1.165, 1.54) is 0 Å². The van der Waals surface area contributed by atoms with Gasteiger partial charge < -0.3 is 10.0 Å². The summed E-state index contributed by atoms with van der Waals surface area (Å²) in [5.41, 5.74) is 5.53. The molecule has 29 heavy (non-hydrogen) atoms. The Morgan fingerprint density at radius 1 is 1.17 bits per heavy atom. The molecule has 1 unspecified atom stereocenters. The largest absolute Gasteiger partial charge is 0.508 e. The van der Waals surface area contributed by atoms with Crippen molar-refractivity contribution in [2.24, 2.45) is 0 Å². The van der Waals surface area contributed by atoms with Crippen LogP contribution in [0.15, 0.2) is 42.5 Å². The molecule has 1 atom stereocenters. The molecule has 6 nitrogen and oxygen atoms in total. The Labute approximate surface area is 170 Å². The fourth-order valence-electron chi connectivity index (χ4n) is 3.81. The molecule has 1 aliphatic heterocycles. The highest BCUT2D eigenvalue weighted by Crippen LogP contribution is 2.31. The molecule has 2 aromatic heterocycles. The minimum atomic E-state index is -0.0259. The highest BCUT2D eigenvalue weighted by molar-refractivity contribution is 5.92. The van der Waals surface area contributed by atoms with E-state index in [1.54, 1.807) is 12.1 Å². The zero-order valence-corrected chi connectivity index (χ0v) is 17.0. The number of benzene rings is 1. The van der Waals surface area contributed by atoms with Crippen molar-refractivity contribution in [3.8, 4) is 16.9 Å². The number of hydrogen-bond donors (Lipinski definition) is 2. The Bertz CT molecular complexity index is 1020. The number of nitrogens with one attached hydrogen (secondary N) is 1. The highest BCUT2D eigenvalue weighted by Gasteiger charge is 2.30. The third-order valence-corrected chi connectivity index (χ3v) is 5.51. The number of aromatic nitrogens is 3. The van der Waals surface area contributed by atoms with Gasteiger partial charge in [-0.1, -0.05) is 26.0 Å². The number of nitrogens with zero attached hydrogens (tertiary/aromatic N) is 3. The number of phenols is 1. The maximum absolute atomic E-state index is 12.8. The summed E-state index contributed by atoms with van der Waals surface area (Å²) >= 11 is 0. The molecular weight excluding hydrogens is 364 g/mol. The number of rotatable bonds is 4. The molecule has 0 spiro atoms. The fourth-order valence-corrected chi connectivity index (χ4v) is 3.81. The van der Waals surface area contributed by atoms with Crippen molar-refractivity contribution >= 4 is 5.91 Å². The number of aromatic amines is 1. The summed E-state index contributed by atoms with van der Waals surface area (Å²) in [6, 6.07) is 13.2. The van der Waals surface area contributed by atoms with E-state index in [0.29, 0.717) is 24.7 Å². The third-order valence-electron chi connectivity index (χ3n) is 5.51. The molecule has 0 bridgehead atoms. The van der Waals surface area contributed by atoms with Crippen LogP contribution in [0.3, 0.4) is 0 Å². The first-order chi connectivity index (χ1) is 13.9. The third kappa shape index (κ3) is 4.01. The molecule has 2 N–H and O–H groups in total. The van der Waals surface area contributed by atoms with Gasteiger partial charge in [0.25, 0.3) is 5.91 Å². The van der Waals surface area contributed by atoms with E-state index in [-0.39, 0.29) is 17.6 Å². The molecule has 0 aliphatic carbocycles. The van der Waals surface area contributed by atoms with Gasteiger partial charge in [0.1, 0.15) is 11.4 Å². The Hall–Kier alpha value is -3.15. The molecule has 6 heteroatoms. The Balaban J connectivity index is 1.52. The highest BCUT2D eigenvalue weighted by atomic mass is 16.3. The Morgan fingerprint density at radius 2 is 1.93 bits per heavy atom. The van der Waals surface area contributed by atoms with Crippen LogP contribution in [0.4, 0.5) is 0 Å². The first kappa shape index (κ1) is 19.2. The van der Waals surface area contributed by atoms with Crippen LogP contribution in [0.2, 0.25) is 0 Å². The standard InChI is InChI=1S/C23H26N4O2/c1-14(2)20-12-22(26-25-20)23(29)27-9-8-17(13-27)21-11-18(10-15(3)24-21)16-4-6-19(28)7-5-16/h4-7,10-12,14,17,28H,8-9,13H2,1-3H3,(H,25,26). The normalized spacial score (nSPS) is 16.6. The maximum atomic E-state index is 12.8. The van der Waals surface area contributed by atoms with Gasteiger partial charge in [-0.2, -0.15) is 5.10 Å². The molecule has 3 heterocycles.